The fourth-order valence-electron chi connectivity index (χ4n) is 9.53. The first-order chi connectivity index (χ1) is 33.9. The van der Waals surface area contributed by atoms with E-state index in [0.717, 1.165) is 38.5 Å². The van der Waals surface area contributed by atoms with Gasteiger partial charge >= 0.3 is 19.8 Å². The fraction of sp³-hybridized carbons (Fsp3) is 0.964. The number of aliphatic hydroxyl groups is 5. The maximum atomic E-state index is 12.9. The summed E-state index contributed by atoms with van der Waals surface area (Å²) in [6.45, 7) is 3.38. The van der Waals surface area contributed by atoms with E-state index >= 15 is 0 Å². The average Bonchev–Trinajstić information content (AvgIpc) is 3.34. The lowest BCUT2D eigenvalue weighted by Crippen LogP contribution is -2.64. The lowest BCUT2D eigenvalue weighted by Gasteiger charge is -2.41. The highest BCUT2D eigenvalue weighted by Gasteiger charge is 2.51. The van der Waals surface area contributed by atoms with Crippen LogP contribution in [0.3, 0.4) is 0 Å². The van der Waals surface area contributed by atoms with Crippen LogP contribution in [0.15, 0.2) is 0 Å². The quantitative estimate of drug-likeness (QED) is 0.0191. The SMILES string of the molecule is CCCCCCCCCCCCCCCCCCCCCCCCCC(=O)OC(COC(=O)CCCCCCCCCCCCCCCCCCCC)COP(=O)(O)OC1C(O)C(O)C(O)C(O)C1O. The number of unbranched alkanes of at least 4 members (excludes halogenated alkanes) is 39. The van der Waals surface area contributed by atoms with Crippen LogP contribution in [0.25, 0.3) is 0 Å². The van der Waals surface area contributed by atoms with Gasteiger partial charge in [0, 0.05) is 12.8 Å². The summed E-state index contributed by atoms with van der Waals surface area (Å²) in [6.07, 6.45) is 38.7. The van der Waals surface area contributed by atoms with E-state index in [9.17, 15) is 44.6 Å². The first-order valence-corrected chi connectivity index (χ1v) is 30.8. The Bertz CT molecular complexity index is 1230. The molecule has 0 spiro atoms. The van der Waals surface area contributed by atoms with Crippen molar-refractivity contribution >= 4 is 19.8 Å². The Kier molecular flexibility index (Phi) is 44.3. The van der Waals surface area contributed by atoms with E-state index in [1.54, 1.807) is 0 Å². The van der Waals surface area contributed by atoms with Crippen LogP contribution in [0.5, 0.6) is 0 Å². The topological polar surface area (TPSA) is 210 Å². The molecule has 0 amide bonds. The number of hydrogen-bond donors (Lipinski definition) is 6. The first-order valence-electron chi connectivity index (χ1n) is 29.3. The minimum Gasteiger partial charge on any atom is -0.462 e. The second kappa shape index (κ2) is 46.4. The third-order valence-electron chi connectivity index (χ3n) is 14.2. The molecule has 0 heterocycles. The average molecular weight is 1020 g/mol. The molecule has 14 heteroatoms. The van der Waals surface area contributed by atoms with Gasteiger partial charge in [-0.2, -0.15) is 0 Å². The first kappa shape index (κ1) is 66.9. The summed E-state index contributed by atoms with van der Waals surface area (Å²) >= 11 is 0. The molecule has 13 nitrogen and oxygen atoms in total. The maximum Gasteiger partial charge on any atom is 0.472 e. The highest BCUT2D eigenvalue weighted by atomic mass is 31.2. The molecule has 1 rings (SSSR count). The molecule has 6 unspecified atom stereocenters. The number of hydrogen-bond acceptors (Lipinski definition) is 12. The van der Waals surface area contributed by atoms with Gasteiger partial charge in [0.15, 0.2) is 6.10 Å². The molecule has 1 aliphatic rings. The van der Waals surface area contributed by atoms with Gasteiger partial charge in [0.25, 0.3) is 0 Å². The van der Waals surface area contributed by atoms with Crippen molar-refractivity contribution in [3.63, 3.8) is 0 Å². The van der Waals surface area contributed by atoms with E-state index in [4.69, 9.17) is 18.5 Å². The van der Waals surface area contributed by atoms with E-state index in [1.165, 1.54) is 212 Å². The van der Waals surface area contributed by atoms with E-state index in [1.807, 2.05) is 0 Å². The van der Waals surface area contributed by atoms with Crippen LogP contribution in [-0.4, -0.2) is 98.3 Å². The van der Waals surface area contributed by atoms with Gasteiger partial charge in [-0.25, -0.2) is 4.57 Å². The maximum absolute atomic E-state index is 12.9. The van der Waals surface area contributed by atoms with Crippen molar-refractivity contribution in [3.05, 3.63) is 0 Å². The largest absolute Gasteiger partial charge is 0.472 e. The summed E-state index contributed by atoms with van der Waals surface area (Å²) in [5, 5.41) is 50.4. The predicted octanol–water partition coefficient (Wildman–Crippen LogP) is 13.6. The molecule has 1 saturated carbocycles. The molecule has 0 radical (unpaired) electrons. The van der Waals surface area contributed by atoms with Gasteiger partial charge in [0.2, 0.25) is 0 Å². The molecular weight excluding hydrogens is 912 g/mol. The van der Waals surface area contributed by atoms with Crippen LogP contribution in [0, 0.1) is 0 Å². The van der Waals surface area contributed by atoms with Gasteiger partial charge in [-0.15, -0.1) is 0 Å². The van der Waals surface area contributed by atoms with Crippen molar-refractivity contribution in [1.82, 2.24) is 0 Å². The monoisotopic (exact) mass is 1020 g/mol. The Hall–Kier alpha value is -1.15. The Morgan fingerprint density at radius 1 is 0.386 bits per heavy atom. The second-order valence-corrected chi connectivity index (χ2v) is 22.3. The van der Waals surface area contributed by atoms with Crippen molar-refractivity contribution in [2.24, 2.45) is 0 Å². The molecule has 0 aromatic rings. The molecule has 70 heavy (non-hydrogen) atoms. The molecule has 416 valence electrons. The molecule has 1 aliphatic carbocycles. The Morgan fingerprint density at radius 3 is 0.943 bits per heavy atom. The third-order valence-corrected chi connectivity index (χ3v) is 15.2. The van der Waals surface area contributed by atoms with Crippen LogP contribution in [0.2, 0.25) is 0 Å². The summed E-state index contributed by atoms with van der Waals surface area (Å²) < 4.78 is 33.8. The highest BCUT2D eigenvalue weighted by molar-refractivity contribution is 7.47. The normalized spacial score (nSPS) is 20.6. The van der Waals surface area contributed by atoms with Gasteiger partial charge in [0.05, 0.1) is 6.61 Å². The molecule has 6 atom stereocenters. The van der Waals surface area contributed by atoms with E-state index in [2.05, 4.69) is 13.8 Å². The number of phosphoric acid groups is 1. The Labute approximate surface area is 427 Å². The molecule has 6 N–H and O–H groups in total. The zero-order chi connectivity index (χ0) is 51.3. The zero-order valence-corrected chi connectivity index (χ0v) is 45.7. The van der Waals surface area contributed by atoms with E-state index in [-0.39, 0.29) is 12.8 Å². The van der Waals surface area contributed by atoms with Crippen LogP contribution in [0.4, 0.5) is 0 Å². The predicted molar refractivity (Wildman–Crippen MR) is 281 cm³/mol. The van der Waals surface area contributed by atoms with Crippen molar-refractivity contribution in [3.8, 4) is 0 Å². The zero-order valence-electron chi connectivity index (χ0n) is 44.8. The minimum absolute atomic E-state index is 0.106. The summed E-state index contributed by atoms with van der Waals surface area (Å²) in [4.78, 5) is 36.0. The number of ether oxygens (including phenoxy) is 2. The number of carbonyl (C=O) groups is 2. The minimum atomic E-state index is -5.12. The molecule has 0 bridgehead atoms. The Balaban J connectivity index is 2.30. The standard InChI is InChI=1S/C56H109O13P/c1-3-5-7-9-11-13-15-17-19-21-23-24-25-26-27-29-31-33-35-37-39-41-43-45-50(58)68-48(47-67-70(64,65)69-56-54(62)52(60)51(59)53(61)55(56)63)46-66-49(57)44-42-40-38-36-34-32-30-28-22-20-18-16-14-12-10-8-6-4-2/h48,51-56,59-63H,3-47H2,1-2H3,(H,64,65). The molecular formula is C56H109O13P. The summed E-state index contributed by atoms with van der Waals surface area (Å²) in [5.74, 6) is -1.07. The smallest absolute Gasteiger partial charge is 0.462 e. The van der Waals surface area contributed by atoms with E-state index < -0.39 is 75.7 Å². The number of aliphatic hydroxyl groups excluding tert-OH is 5. The van der Waals surface area contributed by atoms with Gasteiger partial charge < -0.3 is 39.9 Å². The number of phosphoric ester groups is 1. The Morgan fingerprint density at radius 2 is 0.643 bits per heavy atom. The third kappa shape index (κ3) is 37.6. The highest BCUT2D eigenvalue weighted by Crippen LogP contribution is 2.47. The lowest BCUT2D eigenvalue weighted by atomic mass is 9.85. The molecule has 0 aliphatic heterocycles. The van der Waals surface area contributed by atoms with Crippen LogP contribution in [0.1, 0.15) is 290 Å². The second-order valence-electron chi connectivity index (χ2n) is 20.9. The van der Waals surface area contributed by atoms with Gasteiger partial charge in [0.1, 0.15) is 43.2 Å². The number of carbonyl (C=O) groups excluding carboxylic acids is 2. The fourth-order valence-corrected chi connectivity index (χ4v) is 10.5. The van der Waals surface area contributed by atoms with Gasteiger partial charge in [-0.3, -0.25) is 18.6 Å². The summed E-state index contributed by atoms with van der Waals surface area (Å²) in [5.41, 5.74) is 0. The van der Waals surface area contributed by atoms with Crippen LogP contribution in [-0.2, 0) is 32.7 Å². The van der Waals surface area contributed by atoms with Crippen LogP contribution >= 0.6 is 7.82 Å². The summed E-state index contributed by atoms with van der Waals surface area (Å²) in [7, 11) is -5.12. The molecule has 1 fully saturated rings. The molecule has 0 saturated heterocycles. The van der Waals surface area contributed by atoms with Crippen molar-refractivity contribution in [1.29, 1.82) is 0 Å². The number of rotatable bonds is 51. The van der Waals surface area contributed by atoms with Gasteiger partial charge in [-0.1, -0.05) is 264 Å². The van der Waals surface area contributed by atoms with Crippen molar-refractivity contribution in [2.75, 3.05) is 13.2 Å². The van der Waals surface area contributed by atoms with E-state index in [0.29, 0.717) is 12.8 Å². The van der Waals surface area contributed by atoms with Gasteiger partial charge in [-0.05, 0) is 12.8 Å². The van der Waals surface area contributed by atoms with Crippen molar-refractivity contribution < 1.29 is 63.1 Å². The van der Waals surface area contributed by atoms with Crippen molar-refractivity contribution in [2.45, 2.75) is 333 Å². The molecule has 0 aromatic heterocycles. The lowest BCUT2D eigenvalue weighted by molar-refractivity contribution is -0.220. The summed E-state index contributed by atoms with van der Waals surface area (Å²) in [6, 6.07) is 0. The number of esters is 2. The molecule has 0 aromatic carbocycles. The van der Waals surface area contributed by atoms with Crippen LogP contribution < -0.4 is 0 Å².